The molecule has 76 valence electrons. The number of aromatic nitrogens is 2. The Morgan fingerprint density at radius 3 is 3.07 bits per heavy atom. The molecule has 1 aliphatic heterocycles. The molecule has 1 aromatic heterocycles. The summed E-state index contributed by atoms with van der Waals surface area (Å²) < 4.78 is 7.44. The van der Waals surface area contributed by atoms with Crippen molar-refractivity contribution >= 4 is 21.9 Å². The van der Waals surface area contributed by atoms with Crippen molar-refractivity contribution in [3.05, 3.63) is 10.2 Å². The van der Waals surface area contributed by atoms with Crippen LogP contribution in [-0.4, -0.2) is 27.5 Å². The minimum atomic E-state index is -1.04. The zero-order chi connectivity index (χ0) is 10.1. The van der Waals surface area contributed by atoms with Crippen LogP contribution in [0.5, 0.6) is 5.88 Å². The average Bonchev–Trinajstić information content (AvgIpc) is 2.37. The van der Waals surface area contributed by atoms with Crippen molar-refractivity contribution in [1.29, 1.82) is 0 Å². The Labute approximate surface area is 88.8 Å². The van der Waals surface area contributed by atoms with Gasteiger partial charge in [0.25, 0.3) is 0 Å². The highest BCUT2D eigenvalue weighted by atomic mass is 79.9. The van der Waals surface area contributed by atoms with Gasteiger partial charge in [-0.3, -0.25) is 0 Å². The van der Waals surface area contributed by atoms with E-state index in [0.29, 0.717) is 23.5 Å². The van der Waals surface area contributed by atoms with Gasteiger partial charge in [0.15, 0.2) is 5.69 Å². The first kappa shape index (κ1) is 9.51. The second-order valence-electron chi connectivity index (χ2n) is 3.05. The SMILES string of the molecule is O=C(O)c1nn2c(c1Br)OCCCC2. The fraction of sp³-hybridized carbons (Fsp3) is 0.500. The maximum Gasteiger partial charge on any atom is 0.357 e. The fourth-order valence-electron chi connectivity index (χ4n) is 1.38. The Morgan fingerprint density at radius 2 is 2.36 bits per heavy atom. The van der Waals surface area contributed by atoms with Crippen molar-refractivity contribution in [2.45, 2.75) is 19.4 Å². The normalized spacial score (nSPS) is 15.5. The Balaban J connectivity index is 2.45. The lowest BCUT2D eigenvalue weighted by atomic mass is 10.3. The van der Waals surface area contributed by atoms with Crippen molar-refractivity contribution in [3.63, 3.8) is 0 Å². The summed E-state index contributed by atoms with van der Waals surface area (Å²) in [5, 5.41) is 12.8. The molecular weight excluding hydrogens is 252 g/mol. The van der Waals surface area contributed by atoms with Gasteiger partial charge in [-0.2, -0.15) is 5.10 Å². The van der Waals surface area contributed by atoms with Gasteiger partial charge in [-0.05, 0) is 28.8 Å². The number of carbonyl (C=O) groups is 1. The molecule has 0 saturated heterocycles. The molecule has 14 heavy (non-hydrogen) atoms. The van der Waals surface area contributed by atoms with E-state index in [1.165, 1.54) is 0 Å². The molecule has 2 heterocycles. The first-order chi connectivity index (χ1) is 6.70. The van der Waals surface area contributed by atoms with E-state index in [-0.39, 0.29) is 5.69 Å². The summed E-state index contributed by atoms with van der Waals surface area (Å²) in [6.45, 7) is 1.32. The second-order valence-corrected chi connectivity index (χ2v) is 3.84. The lowest BCUT2D eigenvalue weighted by molar-refractivity contribution is 0.0688. The fourth-order valence-corrected chi connectivity index (χ4v) is 1.95. The standard InChI is InChI=1S/C8H9BrN2O3/c9-5-6(8(12)13)10-11-3-1-2-4-14-7(5)11/h1-4H2,(H,12,13). The molecule has 0 saturated carbocycles. The molecule has 0 fully saturated rings. The maximum atomic E-state index is 10.8. The number of ether oxygens (including phenoxy) is 1. The third kappa shape index (κ3) is 1.50. The third-order valence-corrected chi connectivity index (χ3v) is 2.77. The molecule has 5 nitrogen and oxygen atoms in total. The van der Waals surface area contributed by atoms with Gasteiger partial charge in [-0.1, -0.05) is 0 Å². The number of aromatic carboxylic acids is 1. The van der Waals surface area contributed by atoms with Crippen molar-refractivity contribution in [2.75, 3.05) is 6.61 Å². The highest BCUT2D eigenvalue weighted by Crippen LogP contribution is 2.30. The molecule has 0 amide bonds. The van der Waals surface area contributed by atoms with Crippen LogP contribution in [0.2, 0.25) is 0 Å². The Kier molecular flexibility index (Phi) is 2.45. The van der Waals surface area contributed by atoms with E-state index < -0.39 is 5.97 Å². The van der Waals surface area contributed by atoms with Gasteiger partial charge in [0, 0.05) is 6.54 Å². The molecule has 1 N–H and O–H groups in total. The van der Waals surface area contributed by atoms with Crippen LogP contribution in [-0.2, 0) is 6.54 Å². The number of fused-ring (bicyclic) bond motifs is 1. The topological polar surface area (TPSA) is 64.3 Å². The monoisotopic (exact) mass is 260 g/mol. The molecule has 6 heteroatoms. The number of carboxylic acid groups (broad SMARTS) is 1. The van der Waals surface area contributed by atoms with Crippen LogP contribution in [0.25, 0.3) is 0 Å². The molecule has 0 spiro atoms. The van der Waals surface area contributed by atoms with E-state index in [9.17, 15) is 4.79 Å². The Hall–Kier alpha value is -1.04. The minimum Gasteiger partial charge on any atom is -0.477 e. The Bertz CT molecular complexity index is 375. The van der Waals surface area contributed by atoms with Crippen LogP contribution in [0, 0.1) is 0 Å². The van der Waals surface area contributed by atoms with E-state index in [2.05, 4.69) is 21.0 Å². The van der Waals surface area contributed by atoms with Crippen LogP contribution < -0.4 is 4.74 Å². The van der Waals surface area contributed by atoms with Crippen LogP contribution >= 0.6 is 15.9 Å². The smallest absolute Gasteiger partial charge is 0.357 e. The molecule has 0 atom stereocenters. The van der Waals surface area contributed by atoms with Gasteiger partial charge in [0.05, 0.1) is 6.61 Å². The number of hydrogen-bond acceptors (Lipinski definition) is 3. The third-order valence-electron chi connectivity index (χ3n) is 2.06. The van der Waals surface area contributed by atoms with E-state index in [1.807, 2.05) is 0 Å². The number of halogens is 1. The van der Waals surface area contributed by atoms with E-state index in [4.69, 9.17) is 9.84 Å². The zero-order valence-corrected chi connectivity index (χ0v) is 8.95. The second kappa shape index (κ2) is 3.61. The summed E-state index contributed by atoms with van der Waals surface area (Å²) in [7, 11) is 0. The van der Waals surface area contributed by atoms with Gasteiger partial charge in [0.2, 0.25) is 5.88 Å². The van der Waals surface area contributed by atoms with E-state index in [0.717, 1.165) is 12.8 Å². The molecular formula is C8H9BrN2O3. The van der Waals surface area contributed by atoms with E-state index >= 15 is 0 Å². The average molecular weight is 261 g/mol. The van der Waals surface area contributed by atoms with Crippen LogP contribution in [0.1, 0.15) is 23.3 Å². The summed E-state index contributed by atoms with van der Waals surface area (Å²) in [5.41, 5.74) is 0.0156. The maximum absolute atomic E-state index is 10.8. The van der Waals surface area contributed by atoms with Crippen molar-refractivity contribution in [3.8, 4) is 5.88 Å². The van der Waals surface area contributed by atoms with Crippen LogP contribution in [0.15, 0.2) is 4.47 Å². The quantitative estimate of drug-likeness (QED) is 0.832. The summed E-state index contributed by atoms with van der Waals surface area (Å²) >= 11 is 3.18. The number of rotatable bonds is 1. The molecule has 1 aromatic rings. The molecule has 0 unspecified atom stereocenters. The summed E-state index contributed by atoms with van der Waals surface area (Å²) in [6, 6.07) is 0. The molecule has 1 aliphatic rings. The van der Waals surface area contributed by atoms with Crippen molar-refractivity contribution in [2.24, 2.45) is 0 Å². The van der Waals surface area contributed by atoms with Gasteiger partial charge in [0.1, 0.15) is 4.47 Å². The number of nitrogens with zero attached hydrogens (tertiary/aromatic N) is 2. The summed E-state index contributed by atoms with van der Waals surface area (Å²) in [5.74, 6) is -0.513. The highest BCUT2D eigenvalue weighted by Gasteiger charge is 2.23. The highest BCUT2D eigenvalue weighted by molar-refractivity contribution is 9.10. The van der Waals surface area contributed by atoms with Crippen LogP contribution in [0.4, 0.5) is 0 Å². The molecule has 0 aromatic carbocycles. The molecule has 0 bridgehead atoms. The first-order valence-corrected chi connectivity index (χ1v) is 5.12. The van der Waals surface area contributed by atoms with E-state index in [1.54, 1.807) is 4.68 Å². The predicted molar refractivity (Wildman–Crippen MR) is 51.6 cm³/mol. The number of hydrogen-bond donors (Lipinski definition) is 1. The van der Waals surface area contributed by atoms with Gasteiger partial charge in [-0.15, -0.1) is 0 Å². The summed E-state index contributed by atoms with van der Waals surface area (Å²) in [6.07, 6.45) is 1.93. The van der Waals surface area contributed by atoms with Crippen molar-refractivity contribution < 1.29 is 14.6 Å². The van der Waals surface area contributed by atoms with Crippen LogP contribution in [0.3, 0.4) is 0 Å². The lowest BCUT2D eigenvalue weighted by Gasteiger charge is -2.01. The minimum absolute atomic E-state index is 0.0156. The number of aryl methyl sites for hydroxylation is 1. The molecule has 0 aliphatic carbocycles. The van der Waals surface area contributed by atoms with Gasteiger partial charge in [-0.25, -0.2) is 9.48 Å². The Morgan fingerprint density at radius 1 is 1.57 bits per heavy atom. The van der Waals surface area contributed by atoms with Gasteiger partial charge >= 0.3 is 5.97 Å². The predicted octanol–water partition coefficient (Wildman–Crippen LogP) is 1.52. The largest absolute Gasteiger partial charge is 0.477 e. The van der Waals surface area contributed by atoms with Crippen molar-refractivity contribution in [1.82, 2.24) is 9.78 Å². The number of carboxylic acids is 1. The van der Waals surface area contributed by atoms with Gasteiger partial charge < -0.3 is 9.84 Å². The molecule has 0 radical (unpaired) electrons. The summed E-state index contributed by atoms with van der Waals surface area (Å²) in [4.78, 5) is 10.8. The zero-order valence-electron chi connectivity index (χ0n) is 7.36. The first-order valence-electron chi connectivity index (χ1n) is 4.32. The molecule has 2 rings (SSSR count). The lowest BCUT2D eigenvalue weighted by Crippen LogP contribution is -2.02.